The number of fused-ring (bicyclic) bond motifs is 1. The van der Waals surface area contributed by atoms with Gasteiger partial charge in [-0.3, -0.25) is 4.79 Å². The number of hydrogen-bond donors (Lipinski definition) is 2. The molecule has 0 aliphatic rings. The highest BCUT2D eigenvalue weighted by atomic mass is 32.2. The summed E-state index contributed by atoms with van der Waals surface area (Å²) < 4.78 is 0. The zero-order valence-corrected chi connectivity index (χ0v) is 17.7. The number of benzene rings is 3. The molecular weight excluding hydrogens is 392 g/mol. The van der Waals surface area contributed by atoms with Crippen LogP contribution >= 0.6 is 11.8 Å². The van der Waals surface area contributed by atoms with E-state index in [1.165, 1.54) is 5.56 Å². The van der Waals surface area contributed by atoms with Crippen LogP contribution < -0.4 is 5.43 Å². The van der Waals surface area contributed by atoms with Crippen molar-refractivity contribution in [3.05, 3.63) is 95.1 Å². The molecule has 0 aliphatic carbocycles. The predicted octanol–water partition coefficient (Wildman–Crippen LogP) is 5.32. The Hall–Kier alpha value is -3.38. The third-order valence-electron chi connectivity index (χ3n) is 4.75. The number of nitrogens with one attached hydrogen (secondary N) is 2. The first-order valence-corrected chi connectivity index (χ1v) is 10.7. The molecule has 0 fully saturated rings. The molecule has 0 aliphatic heterocycles. The van der Waals surface area contributed by atoms with Gasteiger partial charge in [-0.2, -0.15) is 5.10 Å². The van der Waals surface area contributed by atoms with Crippen LogP contribution in [0.2, 0.25) is 0 Å². The lowest BCUT2D eigenvalue weighted by Gasteiger charge is -2.05. The van der Waals surface area contributed by atoms with Gasteiger partial charge in [-0.05, 0) is 49.2 Å². The molecule has 0 atom stereocenters. The van der Waals surface area contributed by atoms with Crippen LogP contribution in [0.4, 0.5) is 0 Å². The lowest BCUT2D eigenvalue weighted by molar-refractivity contribution is 0.0955. The predicted molar refractivity (Wildman–Crippen MR) is 123 cm³/mol. The average Bonchev–Trinajstić information content (AvgIpc) is 3.20. The number of aromatic nitrogens is 2. The van der Waals surface area contributed by atoms with Crippen molar-refractivity contribution in [1.82, 2.24) is 15.4 Å². The molecule has 0 saturated carbocycles. The van der Waals surface area contributed by atoms with Crippen molar-refractivity contribution in [2.45, 2.75) is 24.8 Å². The Morgan fingerprint density at radius 3 is 2.43 bits per heavy atom. The number of rotatable bonds is 6. The minimum Gasteiger partial charge on any atom is -0.333 e. The van der Waals surface area contributed by atoms with Crippen molar-refractivity contribution in [3.8, 4) is 0 Å². The number of amides is 1. The van der Waals surface area contributed by atoms with Crippen LogP contribution in [0.15, 0.2) is 83.1 Å². The van der Waals surface area contributed by atoms with Gasteiger partial charge in [0.05, 0.1) is 16.7 Å². The van der Waals surface area contributed by atoms with Crippen molar-refractivity contribution >= 4 is 34.4 Å². The molecule has 3 aromatic carbocycles. The van der Waals surface area contributed by atoms with Crippen molar-refractivity contribution < 1.29 is 4.79 Å². The number of H-pyrrole nitrogens is 1. The van der Waals surface area contributed by atoms with Gasteiger partial charge in [0.25, 0.3) is 5.91 Å². The third kappa shape index (κ3) is 4.78. The molecule has 150 valence electrons. The molecule has 0 unspecified atom stereocenters. The van der Waals surface area contributed by atoms with Crippen molar-refractivity contribution in [3.63, 3.8) is 0 Å². The van der Waals surface area contributed by atoms with Crippen LogP contribution in [-0.4, -0.2) is 21.6 Å². The molecule has 0 spiro atoms. The van der Waals surface area contributed by atoms with Gasteiger partial charge in [-0.15, -0.1) is 0 Å². The van der Waals surface area contributed by atoms with Crippen LogP contribution in [0.3, 0.4) is 0 Å². The Morgan fingerprint density at radius 1 is 1.00 bits per heavy atom. The normalized spacial score (nSPS) is 11.6. The fraction of sp³-hybridized carbons (Fsp3) is 0.125. The first-order chi connectivity index (χ1) is 14.6. The first-order valence-electron chi connectivity index (χ1n) is 9.66. The SMILES string of the molecule is CC(=NNC(=O)c1ccc(CSc2nc3ccccc3[nH]2)cc1)c1ccc(C)cc1. The van der Waals surface area contributed by atoms with Crippen molar-refractivity contribution in [1.29, 1.82) is 0 Å². The smallest absolute Gasteiger partial charge is 0.271 e. The zero-order valence-electron chi connectivity index (χ0n) is 16.8. The fourth-order valence-corrected chi connectivity index (χ4v) is 3.80. The summed E-state index contributed by atoms with van der Waals surface area (Å²) in [4.78, 5) is 20.3. The summed E-state index contributed by atoms with van der Waals surface area (Å²) in [5.74, 6) is 0.546. The minimum atomic E-state index is -0.224. The Morgan fingerprint density at radius 2 is 1.70 bits per heavy atom. The number of carbonyl (C=O) groups is 1. The van der Waals surface area contributed by atoms with E-state index >= 15 is 0 Å². The Bertz CT molecular complexity index is 1160. The molecule has 0 bridgehead atoms. The van der Waals surface area contributed by atoms with Crippen LogP contribution in [0.25, 0.3) is 11.0 Å². The van der Waals surface area contributed by atoms with E-state index in [9.17, 15) is 4.79 Å². The second-order valence-electron chi connectivity index (χ2n) is 7.05. The number of carbonyl (C=O) groups excluding carboxylic acids is 1. The van der Waals surface area contributed by atoms with Gasteiger partial charge in [0, 0.05) is 11.3 Å². The van der Waals surface area contributed by atoms with E-state index in [4.69, 9.17) is 0 Å². The molecule has 5 nitrogen and oxygen atoms in total. The number of nitrogens with zero attached hydrogens (tertiary/aromatic N) is 2. The van der Waals surface area contributed by atoms with E-state index in [-0.39, 0.29) is 5.91 Å². The first kappa shape index (κ1) is 19.9. The van der Waals surface area contributed by atoms with E-state index in [1.807, 2.05) is 86.6 Å². The number of aryl methyl sites for hydroxylation is 1. The Balaban J connectivity index is 1.34. The van der Waals surface area contributed by atoms with Gasteiger partial charge >= 0.3 is 0 Å². The number of imidazole rings is 1. The van der Waals surface area contributed by atoms with E-state index in [2.05, 4.69) is 20.5 Å². The van der Waals surface area contributed by atoms with Gasteiger partial charge in [0.15, 0.2) is 5.16 Å². The second-order valence-corrected chi connectivity index (χ2v) is 8.01. The van der Waals surface area contributed by atoms with Crippen LogP contribution in [0.1, 0.15) is 34.0 Å². The molecular formula is C24H22N4OS. The molecule has 6 heteroatoms. The minimum absolute atomic E-state index is 0.224. The monoisotopic (exact) mass is 414 g/mol. The quantitative estimate of drug-likeness (QED) is 0.255. The second kappa shape index (κ2) is 8.97. The number of para-hydroxylation sites is 2. The van der Waals surface area contributed by atoms with E-state index in [1.54, 1.807) is 11.8 Å². The molecule has 0 saturated heterocycles. The zero-order chi connectivity index (χ0) is 20.9. The van der Waals surface area contributed by atoms with Gasteiger partial charge in [0.1, 0.15) is 0 Å². The molecule has 0 radical (unpaired) electrons. The maximum Gasteiger partial charge on any atom is 0.271 e. The third-order valence-corrected chi connectivity index (χ3v) is 5.70. The highest BCUT2D eigenvalue weighted by molar-refractivity contribution is 7.98. The molecule has 1 heterocycles. The molecule has 30 heavy (non-hydrogen) atoms. The van der Waals surface area contributed by atoms with Crippen LogP contribution in [-0.2, 0) is 5.75 Å². The van der Waals surface area contributed by atoms with Crippen molar-refractivity contribution in [2.75, 3.05) is 0 Å². The lowest BCUT2D eigenvalue weighted by Crippen LogP contribution is -2.19. The molecule has 1 aromatic heterocycles. The van der Waals surface area contributed by atoms with Gasteiger partial charge in [0.2, 0.25) is 0 Å². The number of thioether (sulfide) groups is 1. The Labute approximate surface area is 179 Å². The van der Waals surface area contributed by atoms with Crippen molar-refractivity contribution in [2.24, 2.45) is 5.10 Å². The topological polar surface area (TPSA) is 70.1 Å². The number of hydrazone groups is 1. The van der Waals surface area contributed by atoms with Gasteiger partial charge in [-0.1, -0.05) is 65.9 Å². The van der Waals surface area contributed by atoms with E-state index < -0.39 is 0 Å². The number of aromatic amines is 1. The van der Waals surface area contributed by atoms with Gasteiger partial charge in [-0.25, -0.2) is 10.4 Å². The average molecular weight is 415 g/mol. The summed E-state index contributed by atoms with van der Waals surface area (Å²) in [7, 11) is 0. The summed E-state index contributed by atoms with van der Waals surface area (Å²) >= 11 is 1.64. The van der Waals surface area contributed by atoms with Gasteiger partial charge < -0.3 is 4.98 Å². The van der Waals surface area contributed by atoms with E-state index in [0.29, 0.717) is 5.56 Å². The highest BCUT2D eigenvalue weighted by Crippen LogP contribution is 2.23. The van der Waals surface area contributed by atoms with E-state index in [0.717, 1.165) is 38.8 Å². The van der Waals surface area contributed by atoms with Crippen LogP contribution in [0, 0.1) is 6.92 Å². The lowest BCUT2D eigenvalue weighted by atomic mass is 10.1. The Kier molecular flexibility index (Phi) is 5.95. The fourth-order valence-electron chi connectivity index (χ4n) is 2.96. The summed E-state index contributed by atoms with van der Waals surface area (Å²) in [6.45, 7) is 3.92. The molecule has 4 aromatic rings. The number of hydrogen-bond acceptors (Lipinski definition) is 4. The van der Waals surface area contributed by atoms with Crippen LogP contribution in [0.5, 0.6) is 0 Å². The summed E-state index contributed by atoms with van der Waals surface area (Å²) in [5.41, 5.74) is 9.27. The summed E-state index contributed by atoms with van der Waals surface area (Å²) in [5, 5.41) is 5.11. The molecule has 4 rings (SSSR count). The summed E-state index contributed by atoms with van der Waals surface area (Å²) in [6.07, 6.45) is 0. The summed E-state index contributed by atoms with van der Waals surface area (Å²) in [6, 6.07) is 23.6. The molecule has 1 amide bonds. The largest absolute Gasteiger partial charge is 0.333 e. The maximum atomic E-state index is 12.4. The maximum absolute atomic E-state index is 12.4. The highest BCUT2D eigenvalue weighted by Gasteiger charge is 2.07. The molecule has 2 N–H and O–H groups in total. The standard InChI is InChI=1S/C24H22N4OS/c1-16-7-11-19(12-8-16)17(2)27-28-23(29)20-13-9-18(10-14-20)15-30-24-25-21-5-3-4-6-22(21)26-24/h3-14H,15H2,1-2H3,(H,25,26)(H,28,29).